The largest absolute Gasteiger partial charge is 0.486 e. The monoisotopic (exact) mass is 297 g/mol. The van der Waals surface area contributed by atoms with Gasteiger partial charge in [-0.3, -0.25) is 4.79 Å². The van der Waals surface area contributed by atoms with Crippen molar-refractivity contribution >= 4 is 17.7 Å². The van der Waals surface area contributed by atoms with Gasteiger partial charge in [0.25, 0.3) is 0 Å². The van der Waals surface area contributed by atoms with Gasteiger partial charge in [0.15, 0.2) is 11.5 Å². The molecule has 0 aromatic heterocycles. The van der Waals surface area contributed by atoms with Gasteiger partial charge >= 0.3 is 5.97 Å². The molecule has 1 heterocycles. The van der Waals surface area contributed by atoms with Gasteiger partial charge in [0.2, 0.25) is 0 Å². The quantitative estimate of drug-likeness (QED) is 0.861. The first-order valence-electron chi connectivity index (χ1n) is 6.41. The minimum Gasteiger partial charge on any atom is -0.486 e. The number of nitrogens with two attached hydrogens (primary N) is 1. The topological polar surface area (TPSA) is 81.8 Å². The molecule has 0 spiro atoms. The van der Waals surface area contributed by atoms with Crippen LogP contribution in [0.25, 0.3) is 0 Å². The minimum absolute atomic E-state index is 0.102. The zero-order valence-corrected chi connectivity index (χ0v) is 12.4. The summed E-state index contributed by atoms with van der Waals surface area (Å²) >= 11 is 1.49. The van der Waals surface area contributed by atoms with Gasteiger partial charge in [-0.1, -0.05) is 12.1 Å². The molecule has 1 aromatic rings. The van der Waals surface area contributed by atoms with Gasteiger partial charge in [0.05, 0.1) is 0 Å². The van der Waals surface area contributed by atoms with Crippen molar-refractivity contribution in [3.05, 3.63) is 24.3 Å². The number of carboxylic acids is 1. The maximum Gasteiger partial charge on any atom is 0.321 e. The predicted molar refractivity (Wildman–Crippen MR) is 78.5 cm³/mol. The minimum atomic E-state index is -0.992. The Labute approximate surface area is 122 Å². The van der Waals surface area contributed by atoms with Crippen molar-refractivity contribution in [1.82, 2.24) is 0 Å². The van der Waals surface area contributed by atoms with E-state index in [1.807, 2.05) is 38.1 Å². The van der Waals surface area contributed by atoms with Gasteiger partial charge < -0.3 is 20.3 Å². The molecule has 1 aromatic carbocycles. The van der Waals surface area contributed by atoms with E-state index in [4.69, 9.17) is 20.3 Å². The summed E-state index contributed by atoms with van der Waals surface area (Å²) in [5.74, 6) is 1.11. The molecule has 6 heteroatoms. The van der Waals surface area contributed by atoms with Crippen molar-refractivity contribution in [3.63, 3.8) is 0 Å². The third-order valence-electron chi connectivity index (χ3n) is 3.22. The van der Waals surface area contributed by atoms with Gasteiger partial charge in [-0.15, -0.1) is 11.8 Å². The highest BCUT2D eigenvalue weighted by molar-refractivity contribution is 8.00. The highest BCUT2D eigenvalue weighted by atomic mass is 32.2. The molecule has 0 bridgehead atoms. The fraction of sp³-hybridized carbons (Fsp3) is 0.500. The lowest BCUT2D eigenvalue weighted by molar-refractivity contribution is -0.139. The molecule has 0 aliphatic carbocycles. The first-order valence-corrected chi connectivity index (χ1v) is 7.39. The number of carboxylic acid groups (broad SMARTS) is 1. The Kier molecular flexibility index (Phi) is 4.45. The number of benzene rings is 1. The van der Waals surface area contributed by atoms with E-state index in [2.05, 4.69) is 0 Å². The summed E-state index contributed by atoms with van der Waals surface area (Å²) in [6.45, 7) is 4.12. The Balaban J connectivity index is 1.91. The number of ether oxygens (including phenoxy) is 2. The molecule has 3 N–H and O–H groups in total. The molecule has 0 saturated carbocycles. The predicted octanol–water partition coefficient (Wildman–Crippen LogP) is 1.75. The molecular formula is C14H19NO4S. The third-order valence-corrected chi connectivity index (χ3v) is 4.76. The van der Waals surface area contributed by atoms with Crippen LogP contribution >= 0.6 is 11.8 Å². The maximum absolute atomic E-state index is 11.0. The highest BCUT2D eigenvalue weighted by Gasteiger charge is 2.34. The standard InChI is InChI=1S/C14H19NO4S/c1-14(2,12(15)13(16)17)20-8-9-7-18-10-5-3-4-6-11(10)19-9/h3-6,9,12H,7-8,15H2,1-2H3,(H,16,17)/t9?,12-/m1/s1. The molecular weight excluding hydrogens is 278 g/mol. The first kappa shape index (κ1) is 15.0. The SMILES string of the molecule is CC(C)(SCC1COc2ccccc2O1)[C@H](N)C(=O)O. The number of hydrogen-bond donors (Lipinski definition) is 2. The van der Waals surface area contributed by atoms with Crippen LogP contribution in [0.3, 0.4) is 0 Å². The Hall–Kier alpha value is -1.40. The van der Waals surface area contributed by atoms with Gasteiger partial charge in [-0.05, 0) is 26.0 Å². The van der Waals surface area contributed by atoms with Crippen LogP contribution in [0.2, 0.25) is 0 Å². The molecule has 110 valence electrons. The summed E-state index contributed by atoms with van der Waals surface area (Å²) in [6, 6.07) is 6.60. The van der Waals surface area contributed by atoms with E-state index in [-0.39, 0.29) is 6.10 Å². The Morgan fingerprint density at radius 3 is 2.80 bits per heavy atom. The second-order valence-electron chi connectivity index (χ2n) is 5.23. The molecule has 5 nitrogen and oxygen atoms in total. The fourth-order valence-electron chi connectivity index (χ4n) is 1.84. The molecule has 20 heavy (non-hydrogen) atoms. The number of hydrogen-bond acceptors (Lipinski definition) is 5. The van der Waals surface area contributed by atoms with E-state index in [9.17, 15) is 4.79 Å². The Morgan fingerprint density at radius 2 is 2.15 bits per heavy atom. The highest BCUT2D eigenvalue weighted by Crippen LogP contribution is 2.34. The summed E-state index contributed by atoms with van der Waals surface area (Å²) in [5, 5.41) is 8.99. The summed E-state index contributed by atoms with van der Waals surface area (Å²) in [7, 11) is 0. The van der Waals surface area contributed by atoms with Gasteiger partial charge in [0.1, 0.15) is 18.8 Å². The summed E-state index contributed by atoms with van der Waals surface area (Å²) in [4.78, 5) is 11.0. The lowest BCUT2D eigenvalue weighted by atomic mass is 10.1. The first-order chi connectivity index (χ1) is 9.40. The van der Waals surface area contributed by atoms with Crippen LogP contribution in [-0.2, 0) is 4.79 Å². The Bertz CT molecular complexity index is 492. The molecule has 0 radical (unpaired) electrons. The second-order valence-corrected chi connectivity index (χ2v) is 6.90. The number of rotatable bonds is 5. The lowest BCUT2D eigenvalue weighted by Crippen LogP contribution is -2.47. The molecule has 1 aliphatic heterocycles. The number of fused-ring (bicyclic) bond motifs is 1. The van der Waals surface area contributed by atoms with Crippen LogP contribution in [0.4, 0.5) is 0 Å². The normalized spacial score (nSPS) is 19.4. The molecule has 0 amide bonds. The average Bonchev–Trinajstić information content (AvgIpc) is 2.44. The fourth-order valence-corrected chi connectivity index (χ4v) is 2.90. The van der Waals surface area contributed by atoms with Crippen molar-refractivity contribution in [2.45, 2.75) is 30.7 Å². The summed E-state index contributed by atoms with van der Waals surface area (Å²) < 4.78 is 10.9. The molecule has 0 saturated heterocycles. The zero-order valence-electron chi connectivity index (χ0n) is 11.5. The van der Waals surface area contributed by atoms with Crippen molar-refractivity contribution < 1.29 is 19.4 Å². The van der Waals surface area contributed by atoms with Crippen LogP contribution < -0.4 is 15.2 Å². The second kappa shape index (κ2) is 5.93. The molecule has 0 fully saturated rings. The third kappa shape index (κ3) is 3.37. The van der Waals surface area contributed by atoms with Crippen LogP contribution in [0.1, 0.15) is 13.8 Å². The van der Waals surface area contributed by atoms with E-state index >= 15 is 0 Å². The van der Waals surface area contributed by atoms with Crippen molar-refractivity contribution in [2.24, 2.45) is 5.73 Å². The molecule has 1 aliphatic rings. The van der Waals surface area contributed by atoms with E-state index in [1.54, 1.807) is 0 Å². The van der Waals surface area contributed by atoms with Gasteiger partial charge in [-0.25, -0.2) is 0 Å². The van der Waals surface area contributed by atoms with Gasteiger partial charge in [0, 0.05) is 10.5 Å². The average molecular weight is 297 g/mol. The van der Waals surface area contributed by atoms with E-state index in [0.29, 0.717) is 12.4 Å². The number of carbonyl (C=O) groups is 1. The van der Waals surface area contributed by atoms with Crippen LogP contribution in [0, 0.1) is 0 Å². The van der Waals surface area contributed by atoms with Gasteiger partial charge in [-0.2, -0.15) is 0 Å². The van der Waals surface area contributed by atoms with Crippen molar-refractivity contribution in [3.8, 4) is 11.5 Å². The summed E-state index contributed by atoms with van der Waals surface area (Å²) in [5.41, 5.74) is 5.69. The van der Waals surface area contributed by atoms with E-state index in [0.717, 1.165) is 11.5 Å². The molecule has 1 unspecified atom stereocenters. The van der Waals surface area contributed by atoms with Crippen LogP contribution in [-0.4, -0.2) is 40.3 Å². The number of thioether (sulfide) groups is 1. The zero-order chi connectivity index (χ0) is 14.8. The van der Waals surface area contributed by atoms with E-state index in [1.165, 1.54) is 11.8 Å². The number of aliphatic carboxylic acids is 1. The van der Waals surface area contributed by atoms with Crippen LogP contribution in [0.5, 0.6) is 11.5 Å². The molecule has 2 rings (SSSR count). The van der Waals surface area contributed by atoms with Crippen LogP contribution in [0.15, 0.2) is 24.3 Å². The molecule has 2 atom stereocenters. The van der Waals surface area contributed by atoms with Crippen molar-refractivity contribution in [2.75, 3.05) is 12.4 Å². The number of para-hydroxylation sites is 2. The van der Waals surface area contributed by atoms with E-state index < -0.39 is 16.8 Å². The Morgan fingerprint density at radius 1 is 1.50 bits per heavy atom. The summed E-state index contributed by atoms with van der Waals surface area (Å²) in [6.07, 6.45) is -0.102. The van der Waals surface area contributed by atoms with Crippen molar-refractivity contribution in [1.29, 1.82) is 0 Å². The smallest absolute Gasteiger partial charge is 0.321 e. The maximum atomic E-state index is 11.0. The lowest BCUT2D eigenvalue weighted by Gasteiger charge is -2.31.